The number of hydrogen-bond acceptors (Lipinski definition) is 7. The van der Waals surface area contributed by atoms with E-state index >= 15 is 0 Å². The molecule has 0 bridgehead atoms. The van der Waals surface area contributed by atoms with Crippen LogP contribution in [0.3, 0.4) is 0 Å². The zero-order chi connectivity index (χ0) is 31.8. The third-order valence-electron chi connectivity index (χ3n) is 7.11. The molecule has 5 aromatic rings. The van der Waals surface area contributed by atoms with Crippen molar-refractivity contribution < 1.29 is 33.5 Å². The van der Waals surface area contributed by atoms with Gasteiger partial charge in [0.25, 0.3) is 0 Å². The minimum Gasteiger partial charge on any atom is -0.497 e. The summed E-state index contributed by atoms with van der Waals surface area (Å²) in [6, 6.07) is 25.1. The van der Waals surface area contributed by atoms with E-state index in [2.05, 4.69) is 115 Å². The van der Waals surface area contributed by atoms with E-state index in [1.165, 1.54) is 0 Å². The van der Waals surface area contributed by atoms with Gasteiger partial charge < -0.3 is 33.5 Å². The lowest BCUT2D eigenvalue weighted by molar-refractivity contribution is 0.135. The molecule has 1 heterocycles. The summed E-state index contributed by atoms with van der Waals surface area (Å²) in [7, 11) is 9.93. The fourth-order valence-electron chi connectivity index (χ4n) is 5.28. The van der Waals surface area contributed by atoms with E-state index in [0.29, 0.717) is 6.61 Å². The van der Waals surface area contributed by atoms with E-state index in [-0.39, 0.29) is 12.5 Å². The molecular formula is C35H36I2O7. The van der Waals surface area contributed by atoms with Crippen LogP contribution in [0.2, 0.25) is 0 Å². The van der Waals surface area contributed by atoms with Crippen LogP contribution in [-0.2, 0) is 9.47 Å². The van der Waals surface area contributed by atoms with Gasteiger partial charge in [0, 0.05) is 47.5 Å². The first-order valence-corrected chi connectivity index (χ1v) is 15.9. The van der Waals surface area contributed by atoms with Crippen molar-refractivity contribution in [2.75, 3.05) is 55.9 Å². The maximum absolute atomic E-state index is 7.94. The molecule has 0 saturated heterocycles. The molecule has 1 unspecified atom stereocenters. The Hall–Kier alpha value is -2.84. The summed E-state index contributed by atoms with van der Waals surface area (Å²) < 4.78 is 34.8. The number of hydrogen-bond donors (Lipinski definition) is 1. The Morgan fingerprint density at radius 1 is 0.705 bits per heavy atom. The number of benzene rings is 5. The molecule has 0 aliphatic carbocycles. The Morgan fingerprint density at radius 2 is 1.27 bits per heavy atom. The highest BCUT2D eigenvalue weighted by atomic mass is 127. The molecule has 0 fully saturated rings. The van der Waals surface area contributed by atoms with Crippen LogP contribution in [-0.4, -0.2) is 61.0 Å². The number of methoxy groups -OCH3 is 5. The zero-order valence-electron chi connectivity index (χ0n) is 25.6. The minimum absolute atomic E-state index is 0.122. The van der Waals surface area contributed by atoms with Crippen molar-refractivity contribution in [2.45, 2.75) is 5.92 Å². The highest BCUT2D eigenvalue weighted by molar-refractivity contribution is 14.1. The molecule has 1 aliphatic rings. The third kappa shape index (κ3) is 7.17. The summed E-state index contributed by atoms with van der Waals surface area (Å²) in [6.45, 7) is 0.566. The van der Waals surface area contributed by atoms with Gasteiger partial charge in [0.15, 0.2) is 0 Å². The maximum Gasteiger partial charge on any atom is 0.144 e. The van der Waals surface area contributed by atoms with Crippen LogP contribution in [0, 0.1) is 7.14 Å². The molecule has 1 N–H and O–H groups in total. The van der Waals surface area contributed by atoms with E-state index in [1.54, 1.807) is 42.7 Å². The Kier molecular flexibility index (Phi) is 12.3. The van der Waals surface area contributed by atoms with Gasteiger partial charge in [-0.1, -0.05) is 24.3 Å². The second-order valence-electron chi connectivity index (χ2n) is 9.80. The SMILES string of the molecule is COC.COCCO.COc1ccc2ccc(OC)c(C3c4cc(I)cc(I)c4Oc4ccc5ccc(OC)cc5c43)c2c1. The summed E-state index contributed by atoms with van der Waals surface area (Å²) in [5, 5.41) is 12.4. The highest BCUT2D eigenvalue weighted by Crippen LogP contribution is 2.55. The van der Waals surface area contributed by atoms with E-state index in [0.717, 1.165) is 74.1 Å². The number of aliphatic hydroxyl groups excluding tert-OH is 1. The fourth-order valence-corrected chi connectivity index (χ4v) is 7.28. The monoisotopic (exact) mass is 822 g/mol. The average Bonchev–Trinajstić information content (AvgIpc) is 3.04. The van der Waals surface area contributed by atoms with Gasteiger partial charge in [0.05, 0.1) is 38.1 Å². The second kappa shape index (κ2) is 15.9. The van der Waals surface area contributed by atoms with E-state index < -0.39 is 0 Å². The molecule has 0 aromatic heterocycles. The highest BCUT2D eigenvalue weighted by Gasteiger charge is 2.35. The number of aliphatic hydroxyl groups is 1. The molecule has 0 radical (unpaired) electrons. The van der Waals surface area contributed by atoms with Crippen molar-refractivity contribution in [3.63, 3.8) is 0 Å². The predicted molar refractivity (Wildman–Crippen MR) is 192 cm³/mol. The summed E-state index contributed by atoms with van der Waals surface area (Å²) in [4.78, 5) is 0. The predicted octanol–water partition coefficient (Wildman–Crippen LogP) is 8.40. The van der Waals surface area contributed by atoms with Gasteiger partial charge in [0.1, 0.15) is 28.7 Å². The second-order valence-corrected chi connectivity index (χ2v) is 12.2. The van der Waals surface area contributed by atoms with Crippen molar-refractivity contribution in [1.82, 2.24) is 0 Å². The Labute approximate surface area is 285 Å². The topological polar surface area (TPSA) is 75.6 Å². The standard InChI is InChI=1S/C30H22I2O4.C3H8O2.C2H6O/c1-33-19-8-4-16-6-10-25(35-3)27(21(16)14-19)29-23-12-18(31)13-24(32)30(23)36-26-11-7-17-5-9-20(34-2)15-22(17)28(26)29;1-5-3-2-4;1-3-2/h4-15,29H,1-3H3;4H,2-3H2,1H3;1-2H3. The Morgan fingerprint density at radius 3 is 1.80 bits per heavy atom. The Balaban J connectivity index is 0.000000496. The van der Waals surface area contributed by atoms with E-state index in [4.69, 9.17) is 24.1 Å². The van der Waals surface area contributed by atoms with Crippen molar-refractivity contribution >= 4 is 66.7 Å². The maximum atomic E-state index is 7.94. The minimum atomic E-state index is -0.131. The molecule has 44 heavy (non-hydrogen) atoms. The van der Waals surface area contributed by atoms with Crippen LogP contribution < -0.4 is 18.9 Å². The van der Waals surface area contributed by atoms with Gasteiger partial charge in [-0.2, -0.15) is 0 Å². The van der Waals surface area contributed by atoms with E-state index in [9.17, 15) is 0 Å². The molecule has 232 valence electrons. The summed E-state index contributed by atoms with van der Waals surface area (Å²) in [5.74, 6) is 4.04. The largest absolute Gasteiger partial charge is 0.497 e. The summed E-state index contributed by atoms with van der Waals surface area (Å²) in [6.07, 6.45) is 0. The van der Waals surface area contributed by atoms with Gasteiger partial charge >= 0.3 is 0 Å². The van der Waals surface area contributed by atoms with Crippen LogP contribution in [0.5, 0.6) is 28.7 Å². The zero-order valence-corrected chi connectivity index (χ0v) is 29.9. The lowest BCUT2D eigenvalue weighted by Gasteiger charge is -2.32. The molecule has 0 saturated carbocycles. The first kappa shape index (κ1) is 34.0. The molecule has 9 heteroatoms. The summed E-state index contributed by atoms with van der Waals surface area (Å²) >= 11 is 4.76. The normalized spacial score (nSPS) is 13.0. The molecule has 5 aromatic carbocycles. The molecule has 0 amide bonds. The van der Waals surface area contributed by atoms with Crippen LogP contribution in [0.15, 0.2) is 72.8 Å². The number of halogens is 2. The quantitative estimate of drug-likeness (QED) is 0.169. The number of ether oxygens (including phenoxy) is 6. The van der Waals surface area contributed by atoms with Gasteiger partial charge in [-0.05, 0) is 115 Å². The molecule has 7 nitrogen and oxygen atoms in total. The smallest absolute Gasteiger partial charge is 0.144 e. The molecule has 6 rings (SSSR count). The van der Waals surface area contributed by atoms with Crippen molar-refractivity contribution in [3.05, 3.63) is 96.6 Å². The van der Waals surface area contributed by atoms with Gasteiger partial charge in [0.2, 0.25) is 0 Å². The van der Waals surface area contributed by atoms with E-state index in [1.807, 2.05) is 12.1 Å². The third-order valence-corrected chi connectivity index (χ3v) is 8.54. The van der Waals surface area contributed by atoms with Crippen molar-refractivity contribution in [3.8, 4) is 28.7 Å². The van der Waals surface area contributed by atoms with Crippen molar-refractivity contribution in [1.29, 1.82) is 0 Å². The molecule has 1 atom stereocenters. The van der Waals surface area contributed by atoms with Gasteiger partial charge in [-0.3, -0.25) is 0 Å². The van der Waals surface area contributed by atoms with Crippen LogP contribution in [0.25, 0.3) is 21.5 Å². The van der Waals surface area contributed by atoms with Crippen LogP contribution in [0.1, 0.15) is 22.6 Å². The molecule has 0 spiro atoms. The van der Waals surface area contributed by atoms with Crippen LogP contribution >= 0.6 is 45.2 Å². The lowest BCUT2D eigenvalue weighted by atomic mass is 9.78. The lowest BCUT2D eigenvalue weighted by Crippen LogP contribution is -2.15. The van der Waals surface area contributed by atoms with Gasteiger partial charge in [-0.15, -0.1) is 0 Å². The fraction of sp³-hybridized carbons (Fsp3) is 0.257. The molecular weight excluding hydrogens is 786 g/mol. The molecule has 1 aliphatic heterocycles. The number of fused-ring (bicyclic) bond motifs is 5. The average molecular weight is 822 g/mol. The van der Waals surface area contributed by atoms with Gasteiger partial charge in [-0.25, -0.2) is 0 Å². The van der Waals surface area contributed by atoms with Crippen LogP contribution in [0.4, 0.5) is 0 Å². The first-order chi connectivity index (χ1) is 21.3. The number of rotatable bonds is 6. The van der Waals surface area contributed by atoms with Crippen molar-refractivity contribution in [2.24, 2.45) is 0 Å². The first-order valence-electron chi connectivity index (χ1n) is 13.8. The summed E-state index contributed by atoms with van der Waals surface area (Å²) in [5.41, 5.74) is 3.31. The Bertz CT molecular complexity index is 1730.